The van der Waals surface area contributed by atoms with Crippen LogP contribution in [-0.2, 0) is 19.6 Å². The van der Waals surface area contributed by atoms with E-state index in [2.05, 4.69) is 10.6 Å². The molecule has 1 saturated heterocycles. The molecule has 0 saturated carbocycles. The normalized spacial score (nSPS) is 16.6. The van der Waals surface area contributed by atoms with Crippen molar-refractivity contribution >= 4 is 27.8 Å². The number of nitrogens with one attached hydrogen (secondary N) is 2. The van der Waals surface area contributed by atoms with Gasteiger partial charge in [0.2, 0.25) is 15.9 Å². The van der Waals surface area contributed by atoms with Crippen molar-refractivity contribution in [2.75, 3.05) is 19.6 Å². The fourth-order valence-corrected chi connectivity index (χ4v) is 4.08. The molecule has 3 N–H and O–H groups in total. The summed E-state index contributed by atoms with van der Waals surface area (Å²) in [6.45, 7) is 3.86. The highest BCUT2D eigenvalue weighted by atomic mass is 32.2. The minimum atomic E-state index is -3.84. The highest BCUT2D eigenvalue weighted by Gasteiger charge is 2.29. The molecule has 1 atom stereocenters. The minimum Gasteiger partial charge on any atom is -0.480 e. The van der Waals surface area contributed by atoms with E-state index in [1.165, 1.54) is 24.3 Å². The van der Waals surface area contributed by atoms with Gasteiger partial charge in [0, 0.05) is 18.7 Å². The van der Waals surface area contributed by atoms with Crippen LogP contribution in [0.1, 0.15) is 30.6 Å². The zero-order chi connectivity index (χ0) is 20.2. The van der Waals surface area contributed by atoms with Gasteiger partial charge in [-0.05, 0) is 36.6 Å². The van der Waals surface area contributed by atoms with Crippen molar-refractivity contribution < 1.29 is 27.9 Å². The van der Waals surface area contributed by atoms with Gasteiger partial charge < -0.3 is 15.7 Å². The molecule has 10 heteroatoms. The summed E-state index contributed by atoms with van der Waals surface area (Å²) in [5, 5.41) is 14.2. The molecular weight excluding hydrogens is 374 g/mol. The molecule has 0 aliphatic carbocycles. The Hall–Kier alpha value is -2.46. The van der Waals surface area contributed by atoms with Crippen LogP contribution in [0.4, 0.5) is 0 Å². The first-order chi connectivity index (χ1) is 12.6. The number of rotatable bonds is 7. The number of hydrogen-bond acceptors (Lipinski definition) is 5. The van der Waals surface area contributed by atoms with E-state index in [4.69, 9.17) is 0 Å². The molecule has 0 aromatic heterocycles. The second kappa shape index (κ2) is 8.49. The van der Waals surface area contributed by atoms with Crippen LogP contribution in [0.2, 0.25) is 0 Å². The van der Waals surface area contributed by atoms with Crippen molar-refractivity contribution in [2.24, 2.45) is 5.92 Å². The van der Waals surface area contributed by atoms with Gasteiger partial charge in [0.15, 0.2) is 0 Å². The molecule has 0 bridgehead atoms. The van der Waals surface area contributed by atoms with Crippen LogP contribution in [0.15, 0.2) is 29.2 Å². The lowest BCUT2D eigenvalue weighted by molar-refractivity contribution is -0.139. The molecule has 1 aromatic rings. The van der Waals surface area contributed by atoms with Crippen LogP contribution in [0, 0.1) is 5.92 Å². The predicted octanol–water partition coefficient (Wildman–Crippen LogP) is 0.0362. The number of aliphatic carboxylic acids is 1. The van der Waals surface area contributed by atoms with E-state index in [1.807, 2.05) is 13.8 Å². The Morgan fingerprint density at radius 1 is 1.26 bits per heavy atom. The largest absolute Gasteiger partial charge is 0.480 e. The summed E-state index contributed by atoms with van der Waals surface area (Å²) in [6, 6.07) is 4.16. The van der Waals surface area contributed by atoms with E-state index in [1.54, 1.807) is 0 Å². The highest BCUT2D eigenvalue weighted by Crippen LogP contribution is 2.17. The average Bonchev–Trinajstić information content (AvgIpc) is 2.60. The summed E-state index contributed by atoms with van der Waals surface area (Å²) in [4.78, 5) is 34.9. The van der Waals surface area contributed by atoms with Gasteiger partial charge in [-0.25, -0.2) is 13.2 Å². The number of carbonyl (C=O) groups excluding carboxylic acids is 2. The Morgan fingerprint density at radius 2 is 1.89 bits per heavy atom. The Labute approximate surface area is 157 Å². The van der Waals surface area contributed by atoms with Crippen LogP contribution in [0.25, 0.3) is 0 Å². The van der Waals surface area contributed by atoms with Crippen molar-refractivity contribution in [1.82, 2.24) is 14.9 Å². The second-order valence-corrected chi connectivity index (χ2v) is 8.64. The second-order valence-electron chi connectivity index (χ2n) is 6.71. The van der Waals surface area contributed by atoms with Crippen LogP contribution in [0.3, 0.4) is 0 Å². The van der Waals surface area contributed by atoms with E-state index in [9.17, 15) is 27.9 Å². The van der Waals surface area contributed by atoms with Gasteiger partial charge in [-0.1, -0.05) is 13.8 Å². The maximum atomic E-state index is 12.6. The Morgan fingerprint density at radius 3 is 2.41 bits per heavy atom. The maximum Gasteiger partial charge on any atom is 0.326 e. The number of carbonyl (C=O) groups is 3. The molecule has 0 unspecified atom stereocenters. The Kier molecular flexibility index (Phi) is 6.55. The van der Waals surface area contributed by atoms with Gasteiger partial charge >= 0.3 is 5.97 Å². The summed E-state index contributed by atoms with van der Waals surface area (Å²) >= 11 is 0. The number of piperazine rings is 1. The molecule has 1 aromatic carbocycles. The van der Waals surface area contributed by atoms with Gasteiger partial charge in [0.05, 0.1) is 11.4 Å². The van der Waals surface area contributed by atoms with Crippen LogP contribution in [-0.4, -0.2) is 61.3 Å². The van der Waals surface area contributed by atoms with Crippen LogP contribution in [0.5, 0.6) is 0 Å². The molecule has 1 fully saturated rings. The van der Waals surface area contributed by atoms with Gasteiger partial charge in [-0.2, -0.15) is 4.31 Å². The quantitative estimate of drug-likeness (QED) is 0.595. The highest BCUT2D eigenvalue weighted by molar-refractivity contribution is 7.89. The fourth-order valence-electron chi connectivity index (χ4n) is 2.68. The van der Waals surface area contributed by atoms with Crippen LogP contribution < -0.4 is 10.6 Å². The summed E-state index contributed by atoms with van der Waals surface area (Å²) in [7, 11) is -3.84. The SMILES string of the molecule is CC(C)C[C@@H](NC(=O)c1ccc(S(=O)(=O)N2CCNC(=O)C2)cc1)C(=O)O. The fraction of sp³-hybridized carbons (Fsp3) is 0.471. The van der Waals surface area contributed by atoms with E-state index >= 15 is 0 Å². The van der Waals surface area contributed by atoms with Gasteiger partial charge in [-0.15, -0.1) is 0 Å². The average molecular weight is 397 g/mol. The topological polar surface area (TPSA) is 133 Å². The lowest BCUT2D eigenvalue weighted by Crippen LogP contribution is -2.49. The monoisotopic (exact) mass is 397 g/mol. The number of carboxylic acid groups (broad SMARTS) is 1. The maximum absolute atomic E-state index is 12.6. The standard InChI is InChI=1S/C17H23N3O6S/c1-11(2)9-14(17(23)24)19-16(22)12-3-5-13(6-4-12)27(25,26)20-8-7-18-15(21)10-20/h3-6,11,14H,7-10H2,1-2H3,(H,18,21)(H,19,22)(H,23,24)/t14-/m1/s1. The molecule has 27 heavy (non-hydrogen) atoms. The summed E-state index contributed by atoms with van der Waals surface area (Å²) in [6.07, 6.45) is 0.282. The van der Waals surface area contributed by atoms with Crippen molar-refractivity contribution in [2.45, 2.75) is 31.2 Å². The molecule has 1 aliphatic rings. The van der Waals surface area contributed by atoms with E-state index < -0.39 is 27.9 Å². The molecule has 2 rings (SSSR count). The Bertz CT molecular complexity index is 820. The van der Waals surface area contributed by atoms with Crippen molar-refractivity contribution in [3.8, 4) is 0 Å². The van der Waals surface area contributed by atoms with Crippen molar-refractivity contribution in [3.05, 3.63) is 29.8 Å². The molecular formula is C17H23N3O6S. The first kappa shape index (κ1) is 20.8. The van der Waals surface area contributed by atoms with Gasteiger partial charge in [0.25, 0.3) is 5.91 Å². The molecule has 148 valence electrons. The predicted molar refractivity (Wildman–Crippen MR) is 96.6 cm³/mol. The van der Waals surface area contributed by atoms with Crippen LogP contribution >= 0.6 is 0 Å². The van der Waals surface area contributed by atoms with Crippen molar-refractivity contribution in [1.29, 1.82) is 0 Å². The van der Waals surface area contributed by atoms with E-state index in [0.29, 0.717) is 0 Å². The van der Waals surface area contributed by atoms with Crippen molar-refractivity contribution in [3.63, 3.8) is 0 Å². The molecule has 9 nitrogen and oxygen atoms in total. The first-order valence-corrected chi connectivity index (χ1v) is 9.96. The smallest absolute Gasteiger partial charge is 0.326 e. The van der Waals surface area contributed by atoms with E-state index in [-0.39, 0.29) is 48.3 Å². The molecule has 0 radical (unpaired) electrons. The zero-order valence-corrected chi connectivity index (χ0v) is 16.0. The number of carboxylic acids is 1. The first-order valence-electron chi connectivity index (χ1n) is 8.52. The summed E-state index contributed by atoms with van der Waals surface area (Å²) in [5.41, 5.74) is 0.153. The number of benzene rings is 1. The number of hydrogen-bond donors (Lipinski definition) is 3. The number of amides is 2. The van der Waals surface area contributed by atoms with E-state index in [0.717, 1.165) is 4.31 Å². The zero-order valence-electron chi connectivity index (χ0n) is 15.1. The third-order valence-electron chi connectivity index (χ3n) is 4.07. The lowest BCUT2D eigenvalue weighted by Gasteiger charge is -2.25. The van der Waals surface area contributed by atoms with Gasteiger partial charge in [-0.3, -0.25) is 9.59 Å². The summed E-state index contributed by atoms with van der Waals surface area (Å²) < 4.78 is 26.2. The summed E-state index contributed by atoms with van der Waals surface area (Å²) in [5.74, 6) is -2.00. The third-order valence-corrected chi connectivity index (χ3v) is 5.93. The molecule has 2 amide bonds. The molecule has 0 spiro atoms. The third kappa shape index (κ3) is 5.27. The number of nitrogens with zero attached hydrogens (tertiary/aromatic N) is 1. The van der Waals surface area contributed by atoms with Gasteiger partial charge in [0.1, 0.15) is 6.04 Å². The minimum absolute atomic E-state index is 0.0364. The molecule has 1 heterocycles. The Balaban J connectivity index is 2.12. The number of sulfonamides is 1. The molecule has 1 aliphatic heterocycles. The lowest BCUT2D eigenvalue weighted by atomic mass is 10.0.